The molecule has 1 aliphatic carbocycles. The van der Waals surface area contributed by atoms with Gasteiger partial charge in [-0.25, -0.2) is 0 Å². The van der Waals surface area contributed by atoms with E-state index in [0.717, 1.165) is 10.9 Å². The predicted octanol–water partition coefficient (Wildman–Crippen LogP) is 4.39. The zero-order chi connectivity index (χ0) is 14.1. The van der Waals surface area contributed by atoms with Gasteiger partial charge in [0.15, 0.2) is 0 Å². The summed E-state index contributed by atoms with van der Waals surface area (Å²) in [5, 5.41) is 3.68. The highest BCUT2D eigenvalue weighted by Gasteiger charge is 2.39. The number of rotatable bonds is 3. The van der Waals surface area contributed by atoms with E-state index in [4.69, 9.17) is 11.6 Å². The standard InChI is InChI=1S/C16H13BrClNO/c17-14-8-11(18)6-7-12(14)16(20)19-15-9-13(15)10-4-2-1-3-5-10/h1-8,13,15H,9H2,(H,19,20). The summed E-state index contributed by atoms with van der Waals surface area (Å²) in [6.07, 6.45) is 1.00. The summed E-state index contributed by atoms with van der Waals surface area (Å²) in [4.78, 5) is 12.2. The topological polar surface area (TPSA) is 29.1 Å². The van der Waals surface area contributed by atoms with Gasteiger partial charge in [0.05, 0.1) is 5.56 Å². The molecule has 0 aliphatic heterocycles. The molecular weight excluding hydrogens is 338 g/mol. The van der Waals surface area contributed by atoms with Crippen LogP contribution in [-0.2, 0) is 0 Å². The van der Waals surface area contributed by atoms with Crippen molar-refractivity contribution in [2.24, 2.45) is 0 Å². The predicted molar refractivity (Wildman–Crippen MR) is 84.2 cm³/mol. The van der Waals surface area contributed by atoms with Gasteiger partial charge in [-0.05, 0) is 46.1 Å². The fourth-order valence-electron chi connectivity index (χ4n) is 2.34. The van der Waals surface area contributed by atoms with Gasteiger partial charge in [-0.15, -0.1) is 0 Å². The van der Waals surface area contributed by atoms with Crippen LogP contribution in [0.25, 0.3) is 0 Å². The molecule has 2 atom stereocenters. The maximum absolute atomic E-state index is 12.2. The third-order valence-electron chi connectivity index (χ3n) is 3.51. The Balaban J connectivity index is 1.66. The molecule has 3 rings (SSSR count). The van der Waals surface area contributed by atoms with Crippen LogP contribution in [0.15, 0.2) is 53.0 Å². The van der Waals surface area contributed by atoms with Crippen molar-refractivity contribution in [2.45, 2.75) is 18.4 Å². The first-order valence-corrected chi connectivity index (χ1v) is 7.63. The number of nitrogens with one attached hydrogen (secondary N) is 1. The number of hydrogen-bond acceptors (Lipinski definition) is 1. The molecule has 0 spiro atoms. The summed E-state index contributed by atoms with van der Waals surface area (Å²) >= 11 is 9.25. The average molecular weight is 351 g/mol. The molecule has 102 valence electrons. The molecule has 2 nitrogen and oxygen atoms in total. The molecule has 1 N–H and O–H groups in total. The second-order valence-corrected chi connectivity index (χ2v) is 6.25. The molecule has 2 unspecified atom stereocenters. The largest absolute Gasteiger partial charge is 0.349 e. The molecule has 0 saturated heterocycles. The van der Waals surface area contributed by atoms with E-state index in [-0.39, 0.29) is 11.9 Å². The van der Waals surface area contributed by atoms with Gasteiger partial charge >= 0.3 is 0 Å². The molecular formula is C16H13BrClNO. The molecule has 0 bridgehead atoms. The smallest absolute Gasteiger partial charge is 0.252 e. The molecule has 2 aromatic rings. The van der Waals surface area contributed by atoms with Crippen molar-refractivity contribution in [1.82, 2.24) is 5.32 Å². The Hall–Kier alpha value is -1.32. The molecule has 20 heavy (non-hydrogen) atoms. The first-order chi connectivity index (χ1) is 9.65. The molecule has 4 heteroatoms. The number of benzene rings is 2. The number of halogens is 2. The second-order valence-electron chi connectivity index (χ2n) is 4.96. The van der Waals surface area contributed by atoms with Crippen molar-refractivity contribution in [3.05, 3.63) is 69.2 Å². The Morgan fingerprint density at radius 2 is 1.95 bits per heavy atom. The van der Waals surface area contributed by atoms with Crippen LogP contribution < -0.4 is 5.32 Å². The molecule has 0 aromatic heterocycles. The highest BCUT2D eigenvalue weighted by molar-refractivity contribution is 9.10. The van der Waals surface area contributed by atoms with Gasteiger partial charge in [0.2, 0.25) is 0 Å². The van der Waals surface area contributed by atoms with Crippen LogP contribution in [0.1, 0.15) is 28.3 Å². The minimum atomic E-state index is -0.0584. The summed E-state index contributed by atoms with van der Waals surface area (Å²) in [7, 11) is 0. The zero-order valence-electron chi connectivity index (χ0n) is 10.6. The fourth-order valence-corrected chi connectivity index (χ4v) is 3.21. The van der Waals surface area contributed by atoms with Crippen LogP contribution >= 0.6 is 27.5 Å². The van der Waals surface area contributed by atoms with Crippen molar-refractivity contribution in [3.8, 4) is 0 Å². The van der Waals surface area contributed by atoms with Gasteiger partial charge in [0.25, 0.3) is 5.91 Å². The Bertz CT molecular complexity index is 644. The van der Waals surface area contributed by atoms with E-state index in [9.17, 15) is 4.79 Å². The molecule has 2 aromatic carbocycles. The Labute approximate surface area is 131 Å². The van der Waals surface area contributed by atoms with E-state index in [2.05, 4.69) is 33.4 Å². The van der Waals surface area contributed by atoms with Gasteiger partial charge in [0.1, 0.15) is 0 Å². The minimum Gasteiger partial charge on any atom is -0.349 e. The zero-order valence-corrected chi connectivity index (χ0v) is 13.0. The van der Waals surface area contributed by atoms with Crippen molar-refractivity contribution >= 4 is 33.4 Å². The lowest BCUT2D eigenvalue weighted by Gasteiger charge is -2.07. The lowest BCUT2D eigenvalue weighted by Crippen LogP contribution is -2.26. The minimum absolute atomic E-state index is 0.0584. The number of hydrogen-bond donors (Lipinski definition) is 1. The van der Waals surface area contributed by atoms with Gasteiger partial charge in [-0.2, -0.15) is 0 Å². The summed E-state index contributed by atoms with van der Waals surface area (Å²) in [6, 6.07) is 15.7. The van der Waals surface area contributed by atoms with Crippen LogP contribution in [0, 0.1) is 0 Å². The van der Waals surface area contributed by atoms with Crippen LogP contribution in [0.4, 0.5) is 0 Å². The molecule has 0 heterocycles. The van der Waals surface area contributed by atoms with Gasteiger partial charge in [-0.3, -0.25) is 4.79 Å². The monoisotopic (exact) mass is 349 g/mol. The Kier molecular flexibility index (Phi) is 3.81. The number of carbonyl (C=O) groups excluding carboxylic acids is 1. The van der Waals surface area contributed by atoms with Crippen molar-refractivity contribution in [3.63, 3.8) is 0 Å². The molecule has 1 saturated carbocycles. The molecule has 1 aliphatic rings. The van der Waals surface area contributed by atoms with Crippen LogP contribution in [0.2, 0.25) is 5.02 Å². The van der Waals surface area contributed by atoms with E-state index in [1.807, 2.05) is 18.2 Å². The van der Waals surface area contributed by atoms with Gasteiger partial charge < -0.3 is 5.32 Å². The summed E-state index contributed by atoms with van der Waals surface area (Å²) < 4.78 is 0.722. The number of amides is 1. The average Bonchev–Trinajstić information content (AvgIpc) is 3.18. The Morgan fingerprint density at radius 3 is 2.65 bits per heavy atom. The van der Waals surface area contributed by atoms with Gasteiger partial charge in [-0.1, -0.05) is 41.9 Å². The summed E-state index contributed by atoms with van der Waals surface area (Å²) in [6.45, 7) is 0. The van der Waals surface area contributed by atoms with Crippen LogP contribution in [0.5, 0.6) is 0 Å². The highest BCUT2D eigenvalue weighted by Crippen LogP contribution is 2.40. The maximum Gasteiger partial charge on any atom is 0.252 e. The highest BCUT2D eigenvalue weighted by atomic mass is 79.9. The normalized spacial score (nSPS) is 20.5. The van der Waals surface area contributed by atoms with E-state index in [1.54, 1.807) is 18.2 Å². The first-order valence-electron chi connectivity index (χ1n) is 6.46. The van der Waals surface area contributed by atoms with E-state index >= 15 is 0 Å². The van der Waals surface area contributed by atoms with E-state index in [0.29, 0.717) is 16.5 Å². The lowest BCUT2D eigenvalue weighted by molar-refractivity contribution is 0.0949. The lowest BCUT2D eigenvalue weighted by atomic mass is 10.1. The second kappa shape index (κ2) is 5.58. The summed E-state index contributed by atoms with van der Waals surface area (Å²) in [5.41, 5.74) is 1.90. The maximum atomic E-state index is 12.2. The third-order valence-corrected chi connectivity index (χ3v) is 4.40. The summed E-state index contributed by atoms with van der Waals surface area (Å²) in [5.74, 6) is 0.378. The molecule has 0 radical (unpaired) electrons. The van der Waals surface area contributed by atoms with Crippen LogP contribution in [-0.4, -0.2) is 11.9 Å². The van der Waals surface area contributed by atoms with Crippen LogP contribution in [0.3, 0.4) is 0 Å². The molecule has 1 amide bonds. The quantitative estimate of drug-likeness (QED) is 0.874. The van der Waals surface area contributed by atoms with E-state index in [1.165, 1.54) is 5.56 Å². The molecule has 1 fully saturated rings. The SMILES string of the molecule is O=C(NC1CC1c1ccccc1)c1ccc(Cl)cc1Br. The van der Waals surface area contributed by atoms with Crippen molar-refractivity contribution in [2.75, 3.05) is 0 Å². The van der Waals surface area contributed by atoms with Crippen molar-refractivity contribution in [1.29, 1.82) is 0 Å². The van der Waals surface area contributed by atoms with E-state index < -0.39 is 0 Å². The van der Waals surface area contributed by atoms with Gasteiger partial charge in [0, 0.05) is 21.5 Å². The fraction of sp³-hybridized carbons (Fsp3) is 0.188. The number of carbonyl (C=O) groups is 1. The first kappa shape index (κ1) is 13.7. The van der Waals surface area contributed by atoms with Crippen molar-refractivity contribution < 1.29 is 4.79 Å². The third kappa shape index (κ3) is 2.89. The Morgan fingerprint density at radius 1 is 1.20 bits per heavy atom.